The summed E-state index contributed by atoms with van der Waals surface area (Å²) in [5.41, 5.74) is 2.91. The molecule has 0 radical (unpaired) electrons. The molecular formula is C17H30N2. The normalized spacial score (nSPS) is 11.5. The van der Waals surface area contributed by atoms with E-state index in [0.29, 0.717) is 0 Å². The van der Waals surface area contributed by atoms with Crippen LogP contribution in [0.3, 0.4) is 0 Å². The van der Waals surface area contributed by atoms with E-state index in [0.717, 1.165) is 32.1 Å². The van der Waals surface area contributed by atoms with Crippen molar-refractivity contribution in [1.82, 2.24) is 10.2 Å². The van der Waals surface area contributed by atoms with Gasteiger partial charge in [-0.25, -0.2) is 0 Å². The highest BCUT2D eigenvalue weighted by molar-refractivity contribution is 5.27. The Morgan fingerprint density at radius 1 is 1.11 bits per heavy atom. The summed E-state index contributed by atoms with van der Waals surface area (Å²) in [6.07, 6.45) is 1.19. The second-order valence-electron chi connectivity index (χ2n) is 5.67. The maximum atomic E-state index is 3.51. The topological polar surface area (TPSA) is 15.3 Å². The van der Waals surface area contributed by atoms with Gasteiger partial charge in [0.15, 0.2) is 0 Å². The number of rotatable bonds is 9. The highest BCUT2D eigenvalue weighted by Crippen LogP contribution is 2.13. The Balaban J connectivity index is 2.64. The molecule has 0 amide bonds. The molecule has 2 heteroatoms. The molecule has 0 spiro atoms. The molecule has 0 heterocycles. The van der Waals surface area contributed by atoms with Crippen LogP contribution in [-0.2, 0) is 13.1 Å². The first-order valence-electron chi connectivity index (χ1n) is 7.67. The standard InChI is InChI=1S/C17H30N2/c1-5-11-18-12-16-9-7-8-10-17(16)14-19(6-2)13-15(3)4/h7-10,15,18H,5-6,11-14H2,1-4H3. The van der Waals surface area contributed by atoms with Crippen molar-refractivity contribution in [2.24, 2.45) is 5.92 Å². The quantitative estimate of drug-likeness (QED) is 0.683. The first kappa shape index (κ1) is 16.2. The first-order valence-corrected chi connectivity index (χ1v) is 7.67. The van der Waals surface area contributed by atoms with E-state index in [9.17, 15) is 0 Å². The number of nitrogens with zero attached hydrogens (tertiary/aromatic N) is 1. The molecule has 1 rings (SSSR count). The predicted molar refractivity (Wildman–Crippen MR) is 84.2 cm³/mol. The summed E-state index contributed by atoms with van der Waals surface area (Å²) >= 11 is 0. The second kappa shape index (κ2) is 9.11. The maximum absolute atomic E-state index is 3.51. The minimum Gasteiger partial charge on any atom is -0.313 e. The smallest absolute Gasteiger partial charge is 0.0236 e. The van der Waals surface area contributed by atoms with Gasteiger partial charge in [-0.2, -0.15) is 0 Å². The molecule has 0 aliphatic heterocycles. The Morgan fingerprint density at radius 3 is 2.37 bits per heavy atom. The van der Waals surface area contributed by atoms with Crippen molar-refractivity contribution in [3.05, 3.63) is 35.4 Å². The van der Waals surface area contributed by atoms with Crippen molar-refractivity contribution in [3.8, 4) is 0 Å². The lowest BCUT2D eigenvalue weighted by atomic mass is 10.1. The summed E-state index contributed by atoms with van der Waals surface area (Å²) < 4.78 is 0. The van der Waals surface area contributed by atoms with Crippen LogP contribution in [0.25, 0.3) is 0 Å². The van der Waals surface area contributed by atoms with Crippen LogP contribution in [0.5, 0.6) is 0 Å². The highest BCUT2D eigenvalue weighted by Gasteiger charge is 2.08. The van der Waals surface area contributed by atoms with E-state index in [2.05, 4.69) is 62.2 Å². The highest BCUT2D eigenvalue weighted by atomic mass is 15.1. The van der Waals surface area contributed by atoms with E-state index in [1.54, 1.807) is 0 Å². The van der Waals surface area contributed by atoms with E-state index < -0.39 is 0 Å². The van der Waals surface area contributed by atoms with Gasteiger partial charge in [-0.05, 0) is 36.6 Å². The minimum absolute atomic E-state index is 0.727. The molecule has 2 nitrogen and oxygen atoms in total. The Labute approximate surface area is 119 Å². The van der Waals surface area contributed by atoms with Gasteiger partial charge < -0.3 is 5.32 Å². The third-order valence-corrected chi connectivity index (χ3v) is 3.33. The van der Waals surface area contributed by atoms with Crippen LogP contribution in [0.2, 0.25) is 0 Å². The van der Waals surface area contributed by atoms with Crippen molar-refractivity contribution in [2.45, 2.75) is 47.2 Å². The molecule has 1 aromatic carbocycles. The molecule has 1 aromatic rings. The fraction of sp³-hybridized carbons (Fsp3) is 0.647. The molecule has 108 valence electrons. The zero-order valence-electron chi connectivity index (χ0n) is 13.1. The monoisotopic (exact) mass is 262 g/mol. The average Bonchev–Trinajstić information content (AvgIpc) is 2.39. The van der Waals surface area contributed by atoms with Gasteiger partial charge >= 0.3 is 0 Å². The molecule has 0 aliphatic carbocycles. The molecule has 0 atom stereocenters. The third-order valence-electron chi connectivity index (χ3n) is 3.33. The lowest BCUT2D eigenvalue weighted by molar-refractivity contribution is 0.247. The van der Waals surface area contributed by atoms with Gasteiger partial charge in [-0.1, -0.05) is 52.0 Å². The summed E-state index contributed by atoms with van der Waals surface area (Å²) in [7, 11) is 0. The SMILES string of the molecule is CCCNCc1ccccc1CN(CC)CC(C)C. The Morgan fingerprint density at radius 2 is 1.79 bits per heavy atom. The lowest BCUT2D eigenvalue weighted by Gasteiger charge is -2.24. The minimum atomic E-state index is 0.727. The van der Waals surface area contributed by atoms with Crippen LogP contribution in [-0.4, -0.2) is 24.5 Å². The summed E-state index contributed by atoms with van der Waals surface area (Å²) in [6.45, 7) is 14.5. The van der Waals surface area contributed by atoms with Crippen LogP contribution >= 0.6 is 0 Å². The number of hydrogen-bond acceptors (Lipinski definition) is 2. The van der Waals surface area contributed by atoms with Gasteiger partial charge in [0.05, 0.1) is 0 Å². The number of hydrogen-bond donors (Lipinski definition) is 1. The summed E-state index contributed by atoms with van der Waals surface area (Å²) in [4.78, 5) is 2.53. The van der Waals surface area contributed by atoms with Gasteiger partial charge in [-0.3, -0.25) is 4.90 Å². The van der Waals surface area contributed by atoms with E-state index >= 15 is 0 Å². The van der Waals surface area contributed by atoms with E-state index in [-0.39, 0.29) is 0 Å². The number of nitrogens with one attached hydrogen (secondary N) is 1. The molecule has 0 unspecified atom stereocenters. The maximum Gasteiger partial charge on any atom is 0.0236 e. The fourth-order valence-corrected chi connectivity index (χ4v) is 2.35. The third kappa shape index (κ3) is 6.22. The van der Waals surface area contributed by atoms with Crippen molar-refractivity contribution in [2.75, 3.05) is 19.6 Å². The summed E-state index contributed by atoms with van der Waals surface area (Å²) in [6, 6.07) is 8.82. The molecule has 0 bridgehead atoms. The van der Waals surface area contributed by atoms with Gasteiger partial charge in [0.1, 0.15) is 0 Å². The van der Waals surface area contributed by atoms with E-state index in [1.807, 2.05) is 0 Å². The van der Waals surface area contributed by atoms with Crippen LogP contribution < -0.4 is 5.32 Å². The molecule has 0 saturated heterocycles. The van der Waals surface area contributed by atoms with E-state index in [1.165, 1.54) is 24.1 Å². The Kier molecular flexibility index (Phi) is 7.76. The molecule has 0 saturated carbocycles. The molecule has 0 fully saturated rings. The molecular weight excluding hydrogens is 232 g/mol. The Bertz CT molecular complexity index is 347. The van der Waals surface area contributed by atoms with Crippen molar-refractivity contribution >= 4 is 0 Å². The van der Waals surface area contributed by atoms with E-state index in [4.69, 9.17) is 0 Å². The van der Waals surface area contributed by atoms with Crippen molar-refractivity contribution < 1.29 is 0 Å². The molecule has 0 aliphatic rings. The van der Waals surface area contributed by atoms with Crippen LogP contribution in [0.15, 0.2) is 24.3 Å². The average molecular weight is 262 g/mol. The second-order valence-corrected chi connectivity index (χ2v) is 5.67. The van der Waals surface area contributed by atoms with Gasteiger partial charge in [0.2, 0.25) is 0 Å². The van der Waals surface area contributed by atoms with Crippen molar-refractivity contribution in [3.63, 3.8) is 0 Å². The van der Waals surface area contributed by atoms with Crippen LogP contribution in [0, 0.1) is 5.92 Å². The molecule has 0 aromatic heterocycles. The zero-order valence-corrected chi connectivity index (χ0v) is 13.1. The zero-order chi connectivity index (χ0) is 14.1. The number of benzene rings is 1. The largest absolute Gasteiger partial charge is 0.313 e. The van der Waals surface area contributed by atoms with Crippen molar-refractivity contribution in [1.29, 1.82) is 0 Å². The van der Waals surface area contributed by atoms with Crippen LogP contribution in [0.1, 0.15) is 45.2 Å². The summed E-state index contributed by atoms with van der Waals surface area (Å²) in [5.74, 6) is 0.727. The first-order chi connectivity index (χ1) is 9.17. The Hall–Kier alpha value is -0.860. The molecule has 19 heavy (non-hydrogen) atoms. The summed E-state index contributed by atoms with van der Waals surface area (Å²) in [5, 5.41) is 3.51. The van der Waals surface area contributed by atoms with Gasteiger partial charge in [0.25, 0.3) is 0 Å². The van der Waals surface area contributed by atoms with Crippen LogP contribution in [0.4, 0.5) is 0 Å². The molecule has 1 N–H and O–H groups in total. The predicted octanol–water partition coefficient (Wildman–Crippen LogP) is 3.66. The van der Waals surface area contributed by atoms with Gasteiger partial charge in [-0.15, -0.1) is 0 Å². The van der Waals surface area contributed by atoms with Gasteiger partial charge in [0, 0.05) is 19.6 Å². The fourth-order valence-electron chi connectivity index (χ4n) is 2.35. The lowest BCUT2D eigenvalue weighted by Crippen LogP contribution is -2.28.